The van der Waals surface area contributed by atoms with Crippen LogP contribution in [0.4, 0.5) is 15.8 Å². The van der Waals surface area contributed by atoms with E-state index in [-0.39, 0.29) is 11.5 Å². The van der Waals surface area contributed by atoms with E-state index >= 15 is 0 Å². The zero-order valence-electron chi connectivity index (χ0n) is 10.7. The van der Waals surface area contributed by atoms with Gasteiger partial charge < -0.3 is 4.90 Å². The van der Waals surface area contributed by atoms with E-state index in [0.717, 1.165) is 5.56 Å². The van der Waals surface area contributed by atoms with Crippen molar-refractivity contribution in [2.24, 2.45) is 0 Å². The summed E-state index contributed by atoms with van der Waals surface area (Å²) < 4.78 is 13.5. The number of hydrogen-bond acceptors (Lipinski definition) is 3. The third-order valence-electron chi connectivity index (χ3n) is 2.88. The van der Waals surface area contributed by atoms with Crippen LogP contribution >= 0.6 is 15.9 Å². The Hall–Kier alpha value is -1.95. The summed E-state index contributed by atoms with van der Waals surface area (Å²) in [4.78, 5) is 12.4. The molecule has 20 heavy (non-hydrogen) atoms. The molecule has 2 aromatic carbocycles. The van der Waals surface area contributed by atoms with Crippen molar-refractivity contribution >= 4 is 27.3 Å². The number of nitro benzene ring substituents is 1. The van der Waals surface area contributed by atoms with Gasteiger partial charge in [0.1, 0.15) is 11.5 Å². The van der Waals surface area contributed by atoms with E-state index in [4.69, 9.17) is 0 Å². The molecule has 0 aliphatic carbocycles. The largest absolute Gasteiger partial charge is 0.365 e. The van der Waals surface area contributed by atoms with Crippen LogP contribution in [-0.2, 0) is 6.54 Å². The van der Waals surface area contributed by atoms with Gasteiger partial charge in [0.2, 0.25) is 0 Å². The zero-order chi connectivity index (χ0) is 14.7. The van der Waals surface area contributed by atoms with E-state index in [9.17, 15) is 14.5 Å². The Morgan fingerprint density at radius 2 is 1.90 bits per heavy atom. The summed E-state index contributed by atoms with van der Waals surface area (Å²) in [5.74, 6) is -0.300. The van der Waals surface area contributed by atoms with E-state index in [0.29, 0.717) is 16.7 Å². The van der Waals surface area contributed by atoms with Gasteiger partial charge in [-0.15, -0.1) is 0 Å². The number of anilines is 1. The standard InChI is InChI=1S/C14H12BrFN2O2/c1-17(9-10-2-5-12(16)6-3-10)13-7-4-11(15)8-14(13)18(19)20/h2-8H,9H2,1H3. The first kappa shape index (κ1) is 14.5. The van der Waals surface area contributed by atoms with Crippen LogP contribution < -0.4 is 4.90 Å². The third-order valence-corrected chi connectivity index (χ3v) is 3.37. The average Bonchev–Trinajstić information content (AvgIpc) is 2.41. The average molecular weight is 339 g/mol. The summed E-state index contributed by atoms with van der Waals surface area (Å²) in [5, 5.41) is 11.1. The normalized spacial score (nSPS) is 10.3. The summed E-state index contributed by atoms with van der Waals surface area (Å²) in [6, 6.07) is 11.0. The van der Waals surface area contributed by atoms with Gasteiger partial charge in [0.15, 0.2) is 0 Å². The molecule has 104 valence electrons. The smallest absolute Gasteiger partial charge is 0.293 e. The maximum absolute atomic E-state index is 12.9. The Bertz CT molecular complexity index is 632. The molecule has 0 unspecified atom stereocenters. The minimum absolute atomic E-state index is 0.0315. The van der Waals surface area contributed by atoms with E-state index < -0.39 is 4.92 Å². The molecule has 0 fully saturated rings. The summed E-state index contributed by atoms with van der Waals surface area (Å²) in [6.07, 6.45) is 0. The van der Waals surface area contributed by atoms with Gasteiger partial charge in [0.05, 0.1) is 4.92 Å². The maximum Gasteiger partial charge on any atom is 0.293 e. The summed E-state index contributed by atoms with van der Waals surface area (Å²) in [7, 11) is 1.76. The van der Waals surface area contributed by atoms with Crippen molar-refractivity contribution in [1.82, 2.24) is 0 Å². The molecule has 0 spiro atoms. The number of hydrogen-bond donors (Lipinski definition) is 0. The molecule has 0 heterocycles. The van der Waals surface area contributed by atoms with Crippen LogP contribution in [-0.4, -0.2) is 12.0 Å². The fraction of sp³-hybridized carbons (Fsp3) is 0.143. The van der Waals surface area contributed by atoms with Crippen LogP contribution in [0.15, 0.2) is 46.9 Å². The molecular formula is C14H12BrFN2O2. The molecule has 0 aliphatic heterocycles. The van der Waals surface area contributed by atoms with Crippen LogP contribution in [0.2, 0.25) is 0 Å². The summed E-state index contributed by atoms with van der Waals surface area (Å²) >= 11 is 3.22. The highest BCUT2D eigenvalue weighted by Gasteiger charge is 2.17. The molecule has 0 saturated heterocycles. The van der Waals surface area contributed by atoms with Crippen molar-refractivity contribution in [3.8, 4) is 0 Å². The monoisotopic (exact) mass is 338 g/mol. The summed E-state index contributed by atoms with van der Waals surface area (Å²) in [6.45, 7) is 0.461. The van der Waals surface area contributed by atoms with Gasteiger partial charge in [0.25, 0.3) is 5.69 Å². The van der Waals surface area contributed by atoms with Crippen LogP contribution in [0, 0.1) is 15.9 Å². The van der Waals surface area contributed by atoms with Gasteiger partial charge in [-0.2, -0.15) is 0 Å². The van der Waals surface area contributed by atoms with Crippen molar-refractivity contribution in [3.05, 3.63) is 68.4 Å². The van der Waals surface area contributed by atoms with Crippen LogP contribution in [0.25, 0.3) is 0 Å². The molecule has 6 heteroatoms. The predicted octanol–water partition coefficient (Wildman–Crippen LogP) is 4.13. The van der Waals surface area contributed by atoms with E-state index in [1.54, 1.807) is 36.2 Å². The number of rotatable bonds is 4. The molecule has 0 aliphatic rings. The lowest BCUT2D eigenvalue weighted by molar-refractivity contribution is -0.384. The Labute approximate surface area is 124 Å². The van der Waals surface area contributed by atoms with Crippen molar-refractivity contribution in [2.45, 2.75) is 6.54 Å². The highest BCUT2D eigenvalue weighted by atomic mass is 79.9. The molecule has 0 N–H and O–H groups in total. The number of nitrogens with zero attached hydrogens (tertiary/aromatic N) is 2. The SMILES string of the molecule is CN(Cc1ccc(F)cc1)c1ccc(Br)cc1[N+](=O)[O-]. The molecule has 2 rings (SSSR count). The lowest BCUT2D eigenvalue weighted by Crippen LogP contribution is -2.17. The number of nitro groups is 1. The quantitative estimate of drug-likeness (QED) is 0.621. The minimum Gasteiger partial charge on any atom is -0.365 e. The topological polar surface area (TPSA) is 46.4 Å². The van der Waals surface area contributed by atoms with Crippen LogP contribution in [0.1, 0.15) is 5.56 Å². The number of benzene rings is 2. The first-order valence-corrected chi connectivity index (χ1v) is 6.66. The van der Waals surface area contributed by atoms with Crippen molar-refractivity contribution in [1.29, 1.82) is 0 Å². The van der Waals surface area contributed by atoms with E-state index in [1.807, 2.05) is 0 Å². The first-order valence-electron chi connectivity index (χ1n) is 5.87. The predicted molar refractivity (Wildman–Crippen MR) is 79.3 cm³/mol. The van der Waals surface area contributed by atoms with Gasteiger partial charge in [-0.25, -0.2) is 4.39 Å². The molecule has 0 bridgehead atoms. The molecular weight excluding hydrogens is 327 g/mol. The Morgan fingerprint density at radius 1 is 1.25 bits per heavy atom. The fourth-order valence-corrected chi connectivity index (χ4v) is 2.26. The summed E-state index contributed by atoms with van der Waals surface area (Å²) in [5.41, 5.74) is 1.43. The van der Waals surface area contributed by atoms with E-state index in [1.165, 1.54) is 18.2 Å². The molecule has 2 aromatic rings. The van der Waals surface area contributed by atoms with Gasteiger partial charge in [-0.3, -0.25) is 10.1 Å². The molecule has 0 saturated carbocycles. The van der Waals surface area contributed by atoms with Crippen molar-refractivity contribution < 1.29 is 9.31 Å². The van der Waals surface area contributed by atoms with Gasteiger partial charge >= 0.3 is 0 Å². The number of halogens is 2. The van der Waals surface area contributed by atoms with E-state index in [2.05, 4.69) is 15.9 Å². The van der Waals surface area contributed by atoms with Crippen LogP contribution in [0.5, 0.6) is 0 Å². The highest BCUT2D eigenvalue weighted by Crippen LogP contribution is 2.31. The highest BCUT2D eigenvalue weighted by molar-refractivity contribution is 9.10. The Kier molecular flexibility index (Phi) is 4.34. The van der Waals surface area contributed by atoms with Crippen molar-refractivity contribution in [2.75, 3.05) is 11.9 Å². The fourth-order valence-electron chi connectivity index (χ4n) is 1.91. The molecule has 0 aromatic heterocycles. The second-order valence-corrected chi connectivity index (χ2v) is 5.29. The van der Waals surface area contributed by atoms with Gasteiger partial charge in [0, 0.05) is 24.1 Å². The van der Waals surface area contributed by atoms with Gasteiger partial charge in [-0.1, -0.05) is 28.1 Å². The van der Waals surface area contributed by atoms with Crippen molar-refractivity contribution in [3.63, 3.8) is 0 Å². The Balaban J connectivity index is 2.27. The molecule has 0 atom stereocenters. The van der Waals surface area contributed by atoms with Gasteiger partial charge in [-0.05, 0) is 29.8 Å². The lowest BCUT2D eigenvalue weighted by atomic mass is 10.2. The molecule has 0 amide bonds. The minimum atomic E-state index is -0.415. The first-order chi connectivity index (χ1) is 9.47. The zero-order valence-corrected chi connectivity index (χ0v) is 12.3. The maximum atomic E-state index is 12.9. The lowest BCUT2D eigenvalue weighted by Gasteiger charge is -2.19. The third kappa shape index (κ3) is 3.33. The molecule has 0 radical (unpaired) electrons. The second kappa shape index (κ2) is 6.00. The van der Waals surface area contributed by atoms with Crippen LogP contribution in [0.3, 0.4) is 0 Å². The second-order valence-electron chi connectivity index (χ2n) is 4.37. The molecule has 4 nitrogen and oxygen atoms in total. The Morgan fingerprint density at radius 3 is 2.50 bits per heavy atom.